The van der Waals surface area contributed by atoms with Crippen molar-refractivity contribution in [3.63, 3.8) is 0 Å². The molecule has 0 heterocycles. The van der Waals surface area contributed by atoms with Crippen LogP contribution >= 0.6 is 44.6 Å². The summed E-state index contributed by atoms with van der Waals surface area (Å²) in [5, 5.41) is -0.755. The number of benzene rings is 2. The van der Waals surface area contributed by atoms with Gasteiger partial charge in [0.15, 0.2) is 11.6 Å². The second-order valence-corrected chi connectivity index (χ2v) is 11.5. The van der Waals surface area contributed by atoms with Crippen LogP contribution in [0.25, 0.3) is 11.1 Å². The number of hydrogen-bond donors (Lipinski definition) is 0. The van der Waals surface area contributed by atoms with Crippen molar-refractivity contribution in [1.82, 2.24) is 0 Å². The van der Waals surface area contributed by atoms with Gasteiger partial charge in [-0.15, -0.1) is 0 Å². The first-order chi connectivity index (χ1) is 12.6. The highest BCUT2D eigenvalue weighted by molar-refractivity contribution is 8.14. The third-order valence-corrected chi connectivity index (χ3v) is 7.43. The van der Waals surface area contributed by atoms with Crippen molar-refractivity contribution in [3.05, 3.63) is 45.4 Å². The van der Waals surface area contributed by atoms with Gasteiger partial charge in [0.25, 0.3) is 18.1 Å². The minimum Gasteiger partial charge on any atom is -0.294 e. The Hall–Kier alpha value is -1.16. The molecule has 0 saturated heterocycles. The third kappa shape index (κ3) is 4.69. The van der Waals surface area contributed by atoms with Crippen LogP contribution < -0.4 is 0 Å². The fourth-order valence-electron chi connectivity index (χ4n) is 2.40. The monoisotopic (exact) mass is 502 g/mol. The van der Waals surface area contributed by atoms with Gasteiger partial charge in [-0.3, -0.25) is 9.59 Å². The molecule has 2 aromatic carbocycles. The lowest BCUT2D eigenvalue weighted by molar-refractivity contribution is 0.100. The number of carbonyl (C=O) groups is 2. The first-order valence-corrected chi connectivity index (χ1v) is 12.6. The van der Waals surface area contributed by atoms with E-state index < -0.39 is 39.5 Å². The Morgan fingerprint density at radius 3 is 1.18 bits per heavy atom. The summed E-state index contributed by atoms with van der Waals surface area (Å²) in [5.74, 6) is -1.11. The lowest BCUT2D eigenvalue weighted by Crippen LogP contribution is -2.03. The molecule has 0 saturated carbocycles. The molecule has 0 amide bonds. The van der Waals surface area contributed by atoms with Crippen molar-refractivity contribution in [2.24, 2.45) is 0 Å². The maximum absolute atomic E-state index is 11.9. The Bertz CT molecular complexity index is 1140. The van der Waals surface area contributed by atoms with Crippen LogP contribution in [0.2, 0.25) is 10.0 Å². The van der Waals surface area contributed by atoms with Gasteiger partial charge in [0, 0.05) is 32.5 Å². The summed E-state index contributed by atoms with van der Waals surface area (Å²) < 4.78 is 47.4. The maximum atomic E-state index is 11.9. The quantitative estimate of drug-likeness (QED) is 0.423. The highest BCUT2D eigenvalue weighted by atomic mass is 35.7. The first-order valence-electron chi connectivity index (χ1n) is 7.23. The lowest BCUT2D eigenvalue weighted by atomic mass is 9.98. The van der Waals surface area contributed by atoms with E-state index in [1.165, 1.54) is 12.1 Å². The molecule has 2 rings (SSSR count). The van der Waals surface area contributed by atoms with Gasteiger partial charge in [-0.1, -0.05) is 23.2 Å². The molecule has 0 N–H and O–H groups in total. The van der Waals surface area contributed by atoms with E-state index in [2.05, 4.69) is 0 Å². The zero-order valence-corrected chi connectivity index (χ0v) is 18.7. The molecule has 6 nitrogen and oxygen atoms in total. The SMILES string of the molecule is CC(=O)c1cc(-c2cc(C(C)=O)c(Cl)c(S(=O)(=O)Cl)c2)cc(S(=O)(=O)Cl)c1Cl. The lowest BCUT2D eigenvalue weighted by Gasteiger charge is -2.13. The summed E-state index contributed by atoms with van der Waals surface area (Å²) in [7, 11) is 2.11. The number of hydrogen-bond acceptors (Lipinski definition) is 6. The van der Waals surface area contributed by atoms with Gasteiger partial charge in [-0.25, -0.2) is 16.8 Å². The van der Waals surface area contributed by atoms with E-state index in [-0.39, 0.29) is 32.3 Å². The molecule has 2 aromatic rings. The first kappa shape index (κ1) is 23.1. The third-order valence-electron chi connectivity index (χ3n) is 3.70. The molecule has 0 atom stereocenters. The fourth-order valence-corrected chi connectivity index (χ4v) is 5.64. The molecular formula is C16H10Cl4O6S2. The maximum Gasteiger partial charge on any atom is 0.262 e. The van der Waals surface area contributed by atoms with E-state index >= 15 is 0 Å². The zero-order chi connectivity index (χ0) is 21.6. The van der Waals surface area contributed by atoms with Crippen molar-refractivity contribution in [2.75, 3.05) is 0 Å². The Morgan fingerprint density at radius 2 is 0.964 bits per heavy atom. The van der Waals surface area contributed by atoms with Crippen molar-refractivity contribution in [1.29, 1.82) is 0 Å². The number of halogens is 4. The van der Waals surface area contributed by atoms with E-state index in [0.29, 0.717) is 0 Å². The van der Waals surface area contributed by atoms with E-state index in [4.69, 9.17) is 44.6 Å². The average Bonchev–Trinajstić information content (AvgIpc) is 2.52. The van der Waals surface area contributed by atoms with Gasteiger partial charge in [0.1, 0.15) is 9.79 Å². The summed E-state index contributed by atoms with van der Waals surface area (Å²) in [4.78, 5) is 22.6. The van der Waals surface area contributed by atoms with Crippen LogP contribution in [-0.2, 0) is 18.1 Å². The largest absolute Gasteiger partial charge is 0.294 e. The summed E-state index contributed by atoms with van der Waals surface area (Å²) in [6, 6.07) is 4.59. The Kier molecular flexibility index (Phi) is 6.55. The minimum absolute atomic E-state index is 0.0644. The van der Waals surface area contributed by atoms with Crippen LogP contribution in [-0.4, -0.2) is 28.4 Å². The number of Topliss-reactive ketones (excluding diaryl/α,β-unsaturated/α-hetero) is 2. The molecule has 0 aromatic heterocycles. The van der Waals surface area contributed by atoms with Gasteiger partial charge in [-0.05, 0) is 49.2 Å². The summed E-state index contributed by atoms with van der Waals surface area (Å²) in [6.07, 6.45) is 0. The molecule has 12 heteroatoms. The van der Waals surface area contributed by atoms with Crippen LogP contribution in [0.4, 0.5) is 0 Å². The molecule has 0 radical (unpaired) electrons. The van der Waals surface area contributed by atoms with Gasteiger partial charge in [0.2, 0.25) is 0 Å². The van der Waals surface area contributed by atoms with Crippen LogP contribution in [0.1, 0.15) is 34.6 Å². The molecular weight excluding hydrogens is 494 g/mol. The summed E-state index contributed by atoms with van der Waals surface area (Å²) >= 11 is 12.0. The van der Waals surface area contributed by atoms with Gasteiger partial charge in [-0.2, -0.15) is 0 Å². The standard InChI is InChI=1S/C16H10Cl4O6S2/c1-7(21)11-3-9(5-13(15(11)17)27(19,23)24)10-4-12(8(2)22)16(18)14(6-10)28(20,25)26/h3-6H,1-2H3. The van der Waals surface area contributed by atoms with Crippen molar-refractivity contribution < 1.29 is 26.4 Å². The molecule has 0 unspecified atom stereocenters. The highest BCUT2D eigenvalue weighted by Crippen LogP contribution is 2.38. The molecule has 150 valence electrons. The summed E-state index contributed by atoms with van der Waals surface area (Å²) in [5.41, 5.74) is -0.190. The molecule has 0 aliphatic heterocycles. The highest BCUT2D eigenvalue weighted by Gasteiger charge is 2.25. The van der Waals surface area contributed by atoms with E-state index in [1.807, 2.05) is 0 Å². The minimum atomic E-state index is -4.34. The Morgan fingerprint density at radius 1 is 0.679 bits per heavy atom. The molecule has 0 aliphatic rings. The van der Waals surface area contributed by atoms with Crippen LogP contribution in [0.3, 0.4) is 0 Å². The topological polar surface area (TPSA) is 102 Å². The van der Waals surface area contributed by atoms with Crippen molar-refractivity contribution in [3.8, 4) is 11.1 Å². The average molecular weight is 504 g/mol. The second kappa shape index (κ2) is 7.93. The smallest absolute Gasteiger partial charge is 0.262 e. The number of carbonyl (C=O) groups excluding carboxylic acids is 2. The van der Waals surface area contributed by atoms with E-state index in [0.717, 1.165) is 26.0 Å². The van der Waals surface area contributed by atoms with Gasteiger partial charge >= 0.3 is 0 Å². The fraction of sp³-hybridized carbons (Fsp3) is 0.125. The van der Waals surface area contributed by atoms with E-state index in [1.54, 1.807) is 0 Å². The van der Waals surface area contributed by atoms with Crippen LogP contribution in [0.5, 0.6) is 0 Å². The predicted molar refractivity (Wildman–Crippen MR) is 108 cm³/mol. The van der Waals surface area contributed by atoms with Crippen LogP contribution in [0.15, 0.2) is 34.1 Å². The zero-order valence-electron chi connectivity index (χ0n) is 14.1. The Balaban J connectivity index is 3.00. The van der Waals surface area contributed by atoms with Crippen LogP contribution in [0, 0.1) is 0 Å². The van der Waals surface area contributed by atoms with E-state index in [9.17, 15) is 26.4 Å². The summed E-state index contributed by atoms with van der Waals surface area (Å²) in [6.45, 7) is 2.32. The molecule has 0 bridgehead atoms. The molecule has 0 spiro atoms. The van der Waals surface area contributed by atoms with Gasteiger partial charge < -0.3 is 0 Å². The molecule has 0 aliphatic carbocycles. The predicted octanol–water partition coefficient (Wildman–Crippen LogP) is 4.92. The second-order valence-electron chi connectivity index (χ2n) is 5.66. The number of ketones is 2. The van der Waals surface area contributed by atoms with Gasteiger partial charge in [0.05, 0.1) is 10.0 Å². The van der Waals surface area contributed by atoms with Crippen molar-refractivity contribution in [2.45, 2.75) is 23.6 Å². The molecule has 28 heavy (non-hydrogen) atoms. The Labute approximate surface area is 180 Å². The molecule has 0 fully saturated rings. The normalized spacial score (nSPS) is 12.1. The number of rotatable bonds is 5. The van der Waals surface area contributed by atoms with Crippen molar-refractivity contribution >= 4 is 74.2 Å².